The monoisotopic (exact) mass is 485 g/mol. The first-order chi connectivity index (χ1) is 12.9. The van der Waals surface area contributed by atoms with Crippen LogP contribution in [-0.4, -0.2) is 26.4 Å². The van der Waals surface area contributed by atoms with Crippen molar-refractivity contribution in [1.29, 1.82) is 0 Å². The van der Waals surface area contributed by atoms with E-state index in [1.54, 1.807) is 29.5 Å². The number of rotatable bonds is 7. The van der Waals surface area contributed by atoms with Crippen LogP contribution in [0.1, 0.15) is 11.3 Å². The Kier molecular flexibility index (Phi) is 6.43. The number of nitrogens with zero attached hydrogens (tertiary/aromatic N) is 1. The molecule has 0 aliphatic rings. The van der Waals surface area contributed by atoms with Gasteiger partial charge in [-0.25, -0.2) is 18.1 Å². The first kappa shape index (κ1) is 20.2. The van der Waals surface area contributed by atoms with Crippen LogP contribution in [0.2, 0.25) is 0 Å². The summed E-state index contributed by atoms with van der Waals surface area (Å²) in [5.74, 6) is -0.166. The van der Waals surface area contributed by atoms with Crippen molar-refractivity contribution in [2.24, 2.45) is 0 Å². The highest BCUT2D eigenvalue weighted by molar-refractivity contribution is 9.10. The average Bonchev–Trinajstić information content (AvgIpc) is 3.29. The standard InChI is InChI=1S/C17H16BrN3O3S3/c1-19-27(23,24)14-4-2-3-11(5-14)8-20-16(22)7-13-10-26-17(21-13)15-6-12(18)9-25-15/h2-6,9-10,19H,7-8H2,1H3,(H,20,22). The number of thiophene rings is 1. The molecule has 142 valence electrons. The number of carbonyl (C=O) groups excluding carboxylic acids is 1. The van der Waals surface area contributed by atoms with Crippen LogP contribution < -0.4 is 10.0 Å². The molecule has 2 N–H and O–H groups in total. The van der Waals surface area contributed by atoms with Gasteiger partial charge in [0.1, 0.15) is 5.01 Å². The van der Waals surface area contributed by atoms with E-state index in [2.05, 4.69) is 31.0 Å². The topological polar surface area (TPSA) is 88.2 Å². The molecule has 0 aliphatic heterocycles. The number of nitrogens with one attached hydrogen (secondary N) is 2. The van der Waals surface area contributed by atoms with Crippen molar-refractivity contribution in [3.05, 3.63) is 56.8 Å². The molecule has 2 heterocycles. The van der Waals surface area contributed by atoms with Crippen LogP contribution in [0.3, 0.4) is 0 Å². The van der Waals surface area contributed by atoms with Crippen LogP contribution in [0.15, 0.2) is 50.5 Å². The second-order valence-electron chi connectivity index (χ2n) is 5.58. The van der Waals surface area contributed by atoms with Crippen molar-refractivity contribution in [2.45, 2.75) is 17.9 Å². The molecule has 10 heteroatoms. The Morgan fingerprint density at radius 2 is 2.04 bits per heavy atom. The molecule has 0 saturated carbocycles. The summed E-state index contributed by atoms with van der Waals surface area (Å²) in [6.07, 6.45) is 0.178. The van der Waals surface area contributed by atoms with Crippen molar-refractivity contribution in [1.82, 2.24) is 15.0 Å². The number of halogens is 1. The smallest absolute Gasteiger partial charge is 0.240 e. The van der Waals surface area contributed by atoms with Gasteiger partial charge in [-0.05, 0) is 46.7 Å². The molecule has 6 nitrogen and oxygen atoms in total. The zero-order valence-electron chi connectivity index (χ0n) is 14.2. The van der Waals surface area contributed by atoms with Gasteiger partial charge in [-0.15, -0.1) is 22.7 Å². The zero-order chi connectivity index (χ0) is 19.4. The van der Waals surface area contributed by atoms with Gasteiger partial charge in [0.2, 0.25) is 15.9 Å². The predicted molar refractivity (Wildman–Crippen MR) is 111 cm³/mol. The molecule has 0 unspecified atom stereocenters. The lowest BCUT2D eigenvalue weighted by Gasteiger charge is -2.07. The number of benzene rings is 1. The highest BCUT2D eigenvalue weighted by Gasteiger charge is 2.13. The van der Waals surface area contributed by atoms with Crippen molar-refractivity contribution < 1.29 is 13.2 Å². The van der Waals surface area contributed by atoms with Crippen molar-refractivity contribution in [2.75, 3.05) is 7.05 Å². The molecule has 2 aromatic heterocycles. The van der Waals surface area contributed by atoms with Gasteiger partial charge in [-0.1, -0.05) is 12.1 Å². The van der Waals surface area contributed by atoms with Crippen LogP contribution >= 0.6 is 38.6 Å². The first-order valence-electron chi connectivity index (χ1n) is 7.85. The Morgan fingerprint density at radius 1 is 1.22 bits per heavy atom. The van der Waals surface area contributed by atoms with Gasteiger partial charge in [-0.2, -0.15) is 0 Å². The second-order valence-corrected chi connectivity index (χ2v) is 10.2. The molecule has 1 amide bonds. The zero-order valence-corrected chi connectivity index (χ0v) is 18.3. The quantitative estimate of drug-likeness (QED) is 0.536. The molecular weight excluding hydrogens is 470 g/mol. The third-order valence-corrected chi connectivity index (χ3v) is 7.80. The Morgan fingerprint density at radius 3 is 2.74 bits per heavy atom. The molecule has 0 bridgehead atoms. The van der Waals surface area contributed by atoms with Crippen molar-refractivity contribution in [3.63, 3.8) is 0 Å². The van der Waals surface area contributed by atoms with E-state index in [9.17, 15) is 13.2 Å². The molecule has 0 atom stereocenters. The largest absolute Gasteiger partial charge is 0.352 e. The summed E-state index contributed by atoms with van der Waals surface area (Å²) in [6, 6.07) is 8.47. The van der Waals surface area contributed by atoms with E-state index >= 15 is 0 Å². The fraction of sp³-hybridized carbons (Fsp3) is 0.176. The number of sulfonamides is 1. The third kappa shape index (κ3) is 5.23. The summed E-state index contributed by atoms with van der Waals surface area (Å²) in [4.78, 5) is 17.9. The Bertz CT molecular complexity index is 1060. The number of carbonyl (C=O) groups is 1. The molecule has 0 radical (unpaired) electrons. The Labute approximate surface area is 173 Å². The lowest BCUT2D eigenvalue weighted by molar-refractivity contribution is -0.120. The van der Waals surface area contributed by atoms with E-state index in [1.165, 1.54) is 24.5 Å². The van der Waals surface area contributed by atoms with Gasteiger partial charge in [0.25, 0.3) is 0 Å². The maximum atomic E-state index is 12.2. The minimum absolute atomic E-state index is 0.166. The van der Waals surface area contributed by atoms with Crippen molar-refractivity contribution in [3.8, 4) is 9.88 Å². The molecular formula is C17H16BrN3O3S3. The number of aromatic nitrogens is 1. The van der Waals surface area contributed by atoms with Crippen LogP contribution in [0, 0.1) is 0 Å². The summed E-state index contributed by atoms with van der Waals surface area (Å²) < 4.78 is 27.0. The summed E-state index contributed by atoms with van der Waals surface area (Å²) in [6.45, 7) is 0.251. The lowest BCUT2D eigenvalue weighted by Crippen LogP contribution is -2.25. The highest BCUT2D eigenvalue weighted by Crippen LogP contribution is 2.32. The van der Waals surface area contributed by atoms with Gasteiger partial charge in [0, 0.05) is 21.8 Å². The van der Waals surface area contributed by atoms with E-state index in [0.717, 1.165) is 14.4 Å². The second kappa shape index (κ2) is 8.61. The summed E-state index contributed by atoms with van der Waals surface area (Å²) in [5.41, 5.74) is 1.42. The van der Waals surface area contributed by atoms with Crippen LogP contribution in [-0.2, 0) is 27.8 Å². The maximum absolute atomic E-state index is 12.2. The molecule has 0 aliphatic carbocycles. The van der Waals surface area contributed by atoms with E-state index < -0.39 is 10.0 Å². The average molecular weight is 486 g/mol. The summed E-state index contributed by atoms with van der Waals surface area (Å²) in [5, 5.41) is 7.56. The predicted octanol–water partition coefficient (Wildman–Crippen LogP) is 3.40. The molecule has 0 saturated heterocycles. The summed E-state index contributed by atoms with van der Waals surface area (Å²) in [7, 11) is -2.14. The molecule has 3 rings (SSSR count). The van der Waals surface area contributed by atoms with Crippen molar-refractivity contribution >= 4 is 54.5 Å². The fourth-order valence-corrected chi connectivity index (χ4v) is 5.42. The fourth-order valence-electron chi connectivity index (χ4n) is 2.29. The third-order valence-electron chi connectivity index (χ3n) is 3.64. The normalized spacial score (nSPS) is 11.5. The van der Waals surface area contributed by atoms with Gasteiger partial charge >= 0.3 is 0 Å². The molecule has 1 aromatic carbocycles. The minimum atomic E-state index is -3.50. The van der Waals surface area contributed by atoms with E-state index in [4.69, 9.17) is 0 Å². The van der Waals surface area contributed by atoms with Crippen LogP contribution in [0.5, 0.6) is 0 Å². The minimum Gasteiger partial charge on any atom is -0.352 e. The van der Waals surface area contributed by atoms with E-state index in [-0.39, 0.29) is 23.8 Å². The number of amides is 1. The lowest BCUT2D eigenvalue weighted by atomic mass is 10.2. The Balaban J connectivity index is 1.59. The number of hydrogen-bond donors (Lipinski definition) is 2. The molecule has 3 aromatic rings. The van der Waals surface area contributed by atoms with Gasteiger partial charge < -0.3 is 5.32 Å². The number of thiazole rings is 1. The van der Waals surface area contributed by atoms with Crippen LogP contribution in [0.25, 0.3) is 9.88 Å². The molecule has 0 fully saturated rings. The van der Waals surface area contributed by atoms with Gasteiger partial charge in [0.15, 0.2) is 0 Å². The first-order valence-corrected chi connectivity index (χ1v) is 11.9. The van der Waals surface area contributed by atoms with Gasteiger partial charge in [0.05, 0.1) is 21.9 Å². The van der Waals surface area contributed by atoms with E-state index in [1.807, 2.05) is 16.8 Å². The highest BCUT2D eigenvalue weighted by atomic mass is 79.9. The Hall–Kier alpha value is -1.59. The molecule has 0 spiro atoms. The number of hydrogen-bond acceptors (Lipinski definition) is 6. The summed E-state index contributed by atoms with van der Waals surface area (Å²) >= 11 is 6.52. The van der Waals surface area contributed by atoms with E-state index in [0.29, 0.717) is 11.3 Å². The SMILES string of the molecule is CNS(=O)(=O)c1cccc(CNC(=O)Cc2csc(-c3cc(Br)cs3)n2)c1. The van der Waals surface area contributed by atoms with Gasteiger partial charge in [-0.3, -0.25) is 4.79 Å². The maximum Gasteiger partial charge on any atom is 0.240 e. The molecule has 27 heavy (non-hydrogen) atoms. The van der Waals surface area contributed by atoms with Crippen LogP contribution in [0.4, 0.5) is 0 Å².